The van der Waals surface area contributed by atoms with Crippen molar-refractivity contribution in [1.82, 2.24) is 9.55 Å². The number of hydrogen-bond donors (Lipinski definition) is 1. The summed E-state index contributed by atoms with van der Waals surface area (Å²) in [6, 6.07) is 0. The number of nitrogens with two attached hydrogens (primary N) is 1. The number of hydrogen-bond acceptors (Lipinski definition) is 4. The second kappa shape index (κ2) is 6.59. The van der Waals surface area contributed by atoms with Gasteiger partial charge in [-0.25, -0.2) is 4.98 Å². The molecular weight excluding hydrogens is 342 g/mol. The lowest BCUT2D eigenvalue weighted by Crippen LogP contribution is -2.86. The van der Waals surface area contributed by atoms with E-state index in [0.29, 0.717) is 17.3 Å². The number of esters is 1. The summed E-state index contributed by atoms with van der Waals surface area (Å²) < 4.78 is 14.0. The molecule has 0 bridgehead atoms. The zero-order chi connectivity index (χ0) is 18.5. The number of rotatable bonds is 6. The number of imidazole rings is 1. The average molecular weight is 375 g/mol. The summed E-state index contributed by atoms with van der Waals surface area (Å²) >= 11 is 0. The highest BCUT2D eigenvalue weighted by Gasteiger charge is 2.65. The van der Waals surface area contributed by atoms with Gasteiger partial charge >= 0.3 is 5.97 Å². The van der Waals surface area contributed by atoms with Crippen LogP contribution >= 0.6 is 0 Å². The molecule has 148 valence electrons. The molecule has 27 heavy (non-hydrogen) atoms. The van der Waals surface area contributed by atoms with Gasteiger partial charge in [0.15, 0.2) is 0 Å². The van der Waals surface area contributed by atoms with Gasteiger partial charge in [0, 0.05) is 31.3 Å². The number of aryl methyl sites for hydroxylation is 1. The van der Waals surface area contributed by atoms with Gasteiger partial charge in [-0.1, -0.05) is 6.92 Å². The van der Waals surface area contributed by atoms with E-state index in [-0.39, 0.29) is 23.6 Å². The first kappa shape index (κ1) is 17.7. The minimum Gasteiger partial charge on any atom is -0.462 e. The van der Waals surface area contributed by atoms with Crippen LogP contribution in [0.2, 0.25) is 0 Å². The molecule has 0 radical (unpaired) electrons. The van der Waals surface area contributed by atoms with Crippen molar-refractivity contribution in [2.75, 3.05) is 19.7 Å². The first-order chi connectivity index (χ1) is 13.1. The number of epoxide rings is 1. The van der Waals surface area contributed by atoms with Gasteiger partial charge in [0.2, 0.25) is 0 Å². The third kappa shape index (κ3) is 3.11. The van der Waals surface area contributed by atoms with E-state index in [0.717, 1.165) is 45.5 Å². The molecule has 5 rings (SSSR count). The molecule has 1 aromatic heterocycles. The van der Waals surface area contributed by atoms with E-state index in [2.05, 4.69) is 21.8 Å². The van der Waals surface area contributed by atoms with Gasteiger partial charge in [0.25, 0.3) is 0 Å². The maximum absolute atomic E-state index is 12.6. The molecule has 4 fully saturated rings. The highest BCUT2D eigenvalue weighted by atomic mass is 16.6. The van der Waals surface area contributed by atoms with Crippen molar-refractivity contribution in [3.8, 4) is 0 Å². The van der Waals surface area contributed by atoms with Crippen LogP contribution in [0.3, 0.4) is 0 Å². The summed E-state index contributed by atoms with van der Waals surface area (Å²) in [4.78, 5) is 16.7. The van der Waals surface area contributed by atoms with Crippen LogP contribution in [0.25, 0.3) is 0 Å². The Kier molecular flexibility index (Phi) is 4.32. The number of aromatic nitrogens is 2. The monoisotopic (exact) mass is 374 g/mol. The zero-order valence-corrected chi connectivity index (χ0v) is 16.3. The van der Waals surface area contributed by atoms with E-state index in [1.54, 1.807) is 0 Å². The molecule has 1 spiro atoms. The van der Waals surface area contributed by atoms with Crippen molar-refractivity contribution in [3.63, 3.8) is 0 Å². The van der Waals surface area contributed by atoms with Crippen molar-refractivity contribution < 1.29 is 19.6 Å². The lowest BCUT2D eigenvalue weighted by atomic mass is 9.53. The van der Waals surface area contributed by atoms with Crippen LogP contribution in [0.15, 0.2) is 18.7 Å². The third-order valence-electron chi connectivity index (χ3n) is 7.88. The van der Waals surface area contributed by atoms with Crippen LogP contribution in [-0.4, -0.2) is 46.9 Å². The molecule has 2 saturated carbocycles. The number of carbonyl (C=O) groups is 1. The van der Waals surface area contributed by atoms with Crippen molar-refractivity contribution in [2.45, 2.75) is 63.7 Å². The lowest BCUT2D eigenvalue weighted by Gasteiger charge is -2.51. The summed E-state index contributed by atoms with van der Waals surface area (Å²) in [5.74, 6) is 1.10. The number of carbonyl (C=O) groups excluding carboxylic acids is 1. The van der Waals surface area contributed by atoms with Gasteiger partial charge in [-0.2, -0.15) is 0 Å². The summed E-state index contributed by atoms with van der Waals surface area (Å²) in [7, 11) is 0. The SMILES string of the molecule is C[C@]12CCC[C@]3(CO3)[C@@H]1C[C@H]1[C@@H](C2)OC(=O)[C@@H]1C[NH2+]CCCn1ccnc1. The topological polar surface area (TPSA) is 73.3 Å². The first-order valence-electron chi connectivity index (χ1n) is 10.7. The number of ether oxygens (including phenoxy) is 2. The Morgan fingerprint density at radius 3 is 3.07 bits per heavy atom. The Balaban J connectivity index is 1.18. The molecule has 0 aromatic carbocycles. The Morgan fingerprint density at radius 1 is 1.41 bits per heavy atom. The lowest BCUT2D eigenvalue weighted by molar-refractivity contribution is -0.659. The summed E-state index contributed by atoms with van der Waals surface area (Å²) in [5.41, 5.74) is 0.433. The molecule has 2 aliphatic carbocycles. The first-order valence-corrected chi connectivity index (χ1v) is 10.7. The maximum Gasteiger partial charge on any atom is 0.315 e. The number of fused-ring (bicyclic) bond motifs is 3. The molecule has 0 unspecified atom stereocenters. The third-order valence-corrected chi connectivity index (χ3v) is 7.88. The quantitative estimate of drug-likeness (QED) is 0.464. The van der Waals surface area contributed by atoms with Gasteiger partial charge < -0.3 is 19.4 Å². The zero-order valence-electron chi connectivity index (χ0n) is 16.3. The Hall–Kier alpha value is -1.40. The van der Waals surface area contributed by atoms with Gasteiger partial charge in [-0.05, 0) is 43.4 Å². The van der Waals surface area contributed by atoms with E-state index in [4.69, 9.17) is 9.47 Å². The van der Waals surface area contributed by atoms with Gasteiger partial charge in [0.1, 0.15) is 12.0 Å². The fraction of sp³-hybridized carbons (Fsp3) is 0.810. The summed E-state index contributed by atoms with van der Waals surface area (Å²) in [5, 5.41) is 2.31. The second-order valence-corrected chi connectivity index (χ2v) is 9.57. The summed E-state index contributed by atoms with van der Waals surface area (Å²) in [6.07, 6.45) is 12.8. The minimum atomic E-state index is 0.0453. The van der Waals surface area contributed by atoms with E-state index in [1.165, 1.54) is 19.3 Å². The van der Waals surface area contributed by atoms with Crippen LogP contribution in [0, 0.1) is 23.2 Å². The Bertz CT molecular complexity index is 687. The van der Waals surface area contributed by atoms with Gasteiger partial charge in [-0.3, -0.25) is 4.79 Å². The molecule has 2 saturated heterocycles. The van der Waals surface area contributed by atoms with Crippen LogP contribution in [-0.2, 0) is 20.8 Å². The Labute approximate surface area is 161 Å². The fourth-order valence-corrected chi connectivity index (χ4v) is 6.36. The van der Waals surface area contributed by atoms with Crippen molar-refractivity contribution >= 4 is 5.97 Å². The summed E-state index contributed by atoms with van der Waals surface area (Å²) in [6.45, 7) is 6.23. The van der Waals surface area contributed by atoms with Gasteiger partial charge in [0.05, 0.1) is 31.6 Å². The normalized spacial score (nSPS) is 42.6. The van der Waals surface area contributed by atoms with Crippen LogP contribution in [0.4, 0.5) is 0 Å². The van der Waals surface area contributed by atoms with Crippen molar-refractivity contribution in [1.29, 1.82) is 0 Å². The minimum absolute atomic E-state index is 0.0453. The molecule has 4 aliphatic rings. The molecule has 6 nitrogen and oxygen atoms in total. The van der Waals surface area contributed by atoms with Crippen molar-refractivity contribution in [2.24, 2.45) is 23.2 Å². The highest BCUT2D eigenvalue weighted by Crippen LogP contribution is 2.62. The van der Waals surface area contributed by atoms with E-state index < -0.39 is 0 Å². The second-order valence-electron chi connectivity index (χ2n) is 9.57. The highest BCUT2D eigenvalue weighted by molar-refractivity contribution is 5.75. The smallest absolute Gasteiger partial charge is 0.315 e. The molecule has 2 aliphatic heterocycles. The number of nitrogens with zero attached hydrogens (tertiary/aromatic N) is 2. The predicted octanol–water partition coefficient (Wildman–Crippen LogP) is 1.36. The molecule has 3 heterocycles. The van der Waals surface area contributed by atoms with Crippen molar-refractivity contribution in [3.05, 3.63) is 18.7 Å². The molecule has 6 atom stereocenters. The number of quaternary nitrogens is 1. The maximum atomic E-state index is 12.6. The molecule has 1 aromatic rings. The fourth-order valence-electron chi connectivity index (χ4n) is 6.36. The van der Waals surface area contributed by atoms with E-state index in [9.17, 15) is 4.79 Å². The predicted molar refractivity (Wildman–Crippen MR) is 98.7 cm³/mol. The van der Waals surface area contributed by atoms with Crippen LogP contribution in [0.1, 0.15) is 45.4 Å². The standard InChI is InChI=1S/C21H31N3O3/c1-20-4-2-5-21(13-26-21)18(20)10-15-16(19(25)27-17(15)11-20)12-22-6-3-8-24-9-7-23-14-24/h7,9,14-18,22H,2-6,8,10-13H2,1H3/p+1/t15-,16-,17-,18-,20-,21+/m1/s1. The average Bonchev–Trinajstić information content (AvgIpc) is 3.08. The van der Waals surface area contributed by atoms with Crippen LogP contribution in [0.5, 0.6) is 0 Å². The molecule has 2 N–H and O–H groups in total. The van der Waals surface area contributed by atoms with Crippen LogP contribution < -0.4 is 5.32 Å². The van der Waals surface area contributed by atoms with E-state index >= 15 is 0 Å². The van der Waals surface area contributed by atoms with E-state index in [1.807, 2.05) is 18.7 Å². The van der Waals surface area contributed by atoms with Gasteiger partial charge in [-0.15, -0.1) is 0 Å². The Morgan fingerprint density at radius 2 is 2.30 bits per heavy atom. The molecule has 6 heteroatoms. The molecular formula is C21H32N3O3+. The molecule has 0 amide bonds. The largest absolute Gasteiger partial charge is 0.462 e.